The summed E-state index contributed by atoms with van der Waals surface area (Å²) in [5.41, 5.74) is 1.73. The summed E-state index contributed by atoms with van der Waals surface area (Å²) in [4.78, 5) is 0. The smallest absolute Gasteiger partial charge is 0.149 e. The Bertz CT molecular complexity index is 658. The molecule has 19 heavy (non-hydrogen) atoms. The molecule has 2 aromatic rings. The number of fused-ring (bicyclic) bond motifs is 1. The van der Waals surface area contributed by atoms with Gasteiger partial charge in [0.15, 0.2) is 0 Å². The van der Waals surface area contributed by atoms with Crippen molar-refractivity contribution in [1.29, 1.82) is 0 Å². The first-order chi connectivity index (χ1) is 9.04. The predicted molar refractivity (Wildman–Crippen MR) is 72.9 cm³/mol. The summed E-state index contributed by atoms with van der Waals surface area (Å²) in [7, 11) is 0. The minimum absolute atomic E-state index is 0.197. The van der Waals surface area contributed by atoms with Gasteiger partial charge in [-0.3, -0.25) is 0 Å². The van der Waals surface area contributed by atoms with Gasteiger partial charge in [-0.15, -0.1) is 0 Å². The second-order valence-electron chi connectivity index (χ2n) is 4.49. The highest BCUT2D eigenvalue weighted by molar-refractivity contribution is 6.33. The highest BCUT2D eigenvalue weighted by Gasteiger charge is 2.27. The average molecular weight is 300 g/mol. The molecule has 1 N–H and O–H groups in total. The fourth-order valence-corrected chi connectivity index (χ4v) is 2.79. The Hall–Kier alpha value is -1.32. The van der Waals surface area contributed by atoms with Gasteiger partial charge in [-0.2, -0.15) is 0 Å². The van der Waals surface area contributed by atoms with Gasteiger partial charge < -0.3 is 5.32 Å². The molecule has 0 amide bonds. The van der Waals surface area contributed by atoms with Crippen molar-refractivity contribution in [2.75, 3.05) is 5.32 Å². The highest BCUT2D eigenvalue weighted by Crippen LogP contribution is 2.39. The summed E-state index contributed by atoms with van der Waals surface area (Å²) in [5.74, 6) is -1.16. The first-order valence-electron chi connectivity index (χ1n) is 5.74. The molecule has 1 aliphatic rings. The van der Waals surface area contributed by atoms with E-state index in [4.69, 9.17) is 23.2 Å². The number of anilines is 1. The summed E-state index contributed by atoms with van der Waals surface area (Å²) in [6.45, 7) is 0. The van der Waals surface area contributed by atoms with Crippen molar-refractivity contribution in [2.45, 2.75) is 12.5 Å². The third kappa shape index (κ3) is 2.28. The fourth-order valence-electron chi connectivity index (χ4n) is 2.36. The lowest BCUT2D eigenvalue weighted by molar-refractivity contribution is 0.585. The quantitative estimate of drug-likeness (QED) is 0.783. The van der Waals surface area contributed by atoms with E-state index in [0.29, 0.717) is 27.7 Å². The molecule has 0 aromatic heterocycles. The number of halogens is 4. The SMILES string of the molecule is Fc1cc(F)c2c(c1)CC(c1cc(Cl)ccc1Cl)N2. The monoisotopic (exact) mass is 299 g/mol. The predicted octanol–water partition coefficient (Wildman–Crippen LogP) is 4.98. The summed E-state index contributed by atoms with van der Waals surface area (Å²) in [6.07, 6.45) is 0.476. The van der Waals surface area contributed by atoms with E-state index in [0.717, 1.165) is 11.6 Å². The molecule has 0 fully saturated rings. The molecule has 98 valence electrons. The second kappa shape index (κ2) is 4.66. The number of hydrogen-bond acceptors (Lipinski definition) is 1. The Balaban J connectivity index is 2.00. The molecule has 1 atom stereocenters. The first-order valence-corrected chi connectivity index (χ1v) is 6.49. The minimum Gasteiger partial charge on any atom is -0.375 e. The van der Waals surface area contributed by atoms with E-state index in [2.05, 4.69) is 5.32 Å². The Morgan fingerprint density at radius 2 is 1.89 bits per heavy atom. The summed E-state index contributed by atoms with van der Waals surface area (Å²) < 4.78 is 26.8. The van der Waals surface area contributed by atoms with Crippen LogP contribution in [0, 0.1) is 11.6 Å². The van der Waals surface area contributed by atoms with Gasteiger partial charge in [0, 0.05) is 16.1 Å². The minimum atomic E-state index is -0.587. The van der Waals surface area contributed by atoms with E-state index in [1.54, 1.807) is 18.2 Å². The number of benzene rings is 2. The van der Waals surface area contributed by atoms with Crippen LogP contribution in [-0.4, -0.2) is 0 Å². The maximum atomic E-state index is 13.7. The molecule has 1 aliphatic heterocycles. The number of hydrogen-bond donors (Lipinski definition) is 1. The molecule has 0 saturated carbocycles. The van der Waals surface area contributed by atoms with Crippen molar-refractivity contribution < 1.29 is 8.78 Å². The Morgan fingerprint density at radius 1 is 1.11 bits per heavy atom. The molecule has 1 unspecified atom stereocenters. The molecule has 0 saturated heterocycles. The van der Waals surface area contributed by atoms with Gasteiger partial charge in [0.25, 0.3) is 0 Å². The lowest BCUT2D eigenvalue weighted by atomic mass is 10.0. The molecule has 0 bridgehead atoms. The van der Waals surface area contributed by atoms with Crippen LogP contribution in [0.4, 0.5) is 14.5 Å². The van der Waals surface area contributed by atoms with Crippen molar-refractivity contribution in [2.24, 2.45) is 0 Å². The van der Waals surface area contributed by atoms with Crippen LogP contribution >= 0.6 is 23.2 Å². The molecule has 2 aromatic carbocycles. The van der Waals surface area contributed by atoms with E-state index < -0.39 is 11.6 Å². The molecule has 5 heteroatoms. The number of nitrogens with one attached hydrogen (secondary N) is 1. The number of rotatable bonds is 1. The third-order valence-corrected chi connectivity index (χ3v) is 3.79. The van der Waals surface area contributed by atoms with Crippen LogP contribution in [0.25, 0.3) is 0 Å². The van der Waals surface area contributed by atoms with Crippen LogP contribution in [0.15, 0.2) is 30.3 Å². The standard InChI is InChI=1S/C14H9Cl2F2N/c15-8-1-2-11(16)10(5-8)13-4-7-3-9(17)6-12(18)14(7)19-13/h1-3,5-6,13,19H,4H2. The summed E-state index contributed by atoms with van der Waals surface area (Å²) in [5, 5.41) is 4.14. The normalized spacial score (nSPS) is 17.2. The molecule has 0 spiro atoms. The molecular weight excluding hydrogens is 291 g/mol. The summed E-state index contributed by atoms with van der Waals surface area (Å²) >= 11 is 12.1. The largest absolute Gasteiger partial charge is 0.375 e. The Kier molecular flexibility index (Phi) is 3.11. The lowest BCUT2D eigenvalue weighted by Crippen LogP contribution is -2.06. The zero-order chi connectivity index (χ0) is 13.6. The van der Waals surface area contributed by atoms with Crippen molar-refractivity contribution >= 4 is 28.9 Å². The van der Waals surface area contributed by atoms with E-state index in [1.165, 1.54) is 6.07 Å². The van der Waals surface area contributed by atoms with Crippen LogP contribution in [0.5, 0.6) is 0 Å². The average Bonchev–Trinajstić information content (AvgIpc) is 2.76. The van der Waals surface area contributed by atoms with Gasteiger partial charge in [-0.25, -0.2) is 8.78 Å². The summed E-state index contributed by atoms with van der Waals surface area (Å²) in [6, 6.07) is 7.13. The second-order valence-corrected chi connectivity index (χ2v) is 5.33. The van der Waals surface area contributed by atoms with Crippen molar-refractivity contribution in [3.63, 3.8) is 0 Å². The first kappa shape index (κ1) is 12.7. The fraction of sp³-hybridized carbons (Fsp3) is 0.143. The molecular formula is C14H9Cl2F2N. The molecule has 3 rings (SSSR count). The van der Waals surface area contributed by atoms with Crippen LogP contribution < -0.4 is 5.32 Å². The van der Waals surface area contributed by atoms with Crippen LogP contribution in [0.2, 0.25) is 10.0 Å². The zero-order valence-corrected chi connectivity index (χ0v) is 11.2. The van der Waals surface area contributed by atoms with Gasteiger partial charge in [-0.05, 0) is 41.8 Å². The highest BCUT2D eigenvalue weighted by atomic mass is 35.5. The van der Waals surface area contributed by atoms with E-state index in [9.17, 15) is 8.78 Å². The van der Waals surface area contributed by atoms with Crippen molar-refractivity contribution in [3.05, 3.63) is 63.1 Å². The van der Waals surface area contributed by atoms with E-state index in [-0.39, 0.29) is 6.04 Å². The Labute approximate surface area is 119 Å². The zero-order valence-electron chi connectivity index (χ0n) is 9.68. The van der Waals surface area contributed by atoms with Gasteiger partial charge >= 0.3 is 0 Å². The molecule has 1 heterocycles. The van der Waals surface area contributed by atoms with Gasteiger partial charge in [0.1, 0.15) is 11.6 Å². The molecule has 1 nitrogen and oxygen atoms in total. The molecule has 0 radical (unpaired) electrons. The third-order valence-electron chi connectivity index (χ3n) is 3.21. The van der Waals surface area contributed by atoms with E-state index >= 15 is 0 Å². The molecule has 0 aliphatic carbocycles. The van der Waals surface area contributed by atoms with E-state index in [1.807, 2.05) is 0 Å². The van der Waals surface area contributed by atoms with Crippen molar-refractivity contribution in [3.8, 4) is 0 Å². The van der Waals surface area contributed by atoms with Crippen LogP contribution in [0.1, 0.15) is 17.2 Å². The Morgan fingerprint density at radius 3 is 2.68 bits per heavy atom. The van der Waals surface area contributed by atoms with Gasteiger partial charge in [0.05, 0.1) is 11.7 Å². The van der Waals surface area contributed by atoms with Crippen LogP contribution in [0.3, 0.4) is 0 Å². The van der Waals surface area contributed by atoms with Gasteiger partial charge in [0.2, 0.25) is 0 Å². The van der Waals surface area contributed by atoms with Crippen molar-refractivity contribution in [1.82, 2.24) is 0 Å². The van der Waals surface area contributed by atoms with Gasteiger partial charge in [-0.1, -0.05) is 23.2 Å². The lowest BCUT2D eigenvalue weighted by Gasteiger charge is -2.14. The topological polar surface area (TPSA) is 12.0 Å². The van der Waals surface area contributed by atoms with Crippen LogP contribution in [-0.2, 0) is 6.42 Å². The maximum Gasteiger partial charge on any atom is 0.149 e. The maximum absolute atomic E-state index is 13.7.